The maximum Gasteiger partial charge on any atom is 0.246 e. The summed E-state index contributed by atoms with van der Waals surface area (Å²) in [5.74, 6) is -3.26. The molecule has 394 valence electrons. The first-order valence-corrected chi connectivity index (χ1v) is 26.6. The first-order valence-electron chi connectivity index (χ1n) is 26.6. The number of fused-ring (bicyclic) bond motifs is 4. The summed E-state index contributed by atoms with van der Waals surface area (Å²) in [7, 11) is 0. The minimum absolute atomic E-state index is 0.0586. The van der Waals surface area contributed by atoms with Crippen molar-refractivity contribution in [3.63, 3.8) is 0 Å². The van der Waals surface area contributed by atoms with Crippen molar-refractivity contribution in [3.8, 4) is 5.75 Å². The van der Waals surface area contributed by atoms with Crippen LogP contribution in [0.3, 0.4) is 0 Å². The lowest BCUT2D eigenvalue weighted by atomic mass is 9.90. The third-order valence-electron chi connectivity index (χ3n) is 15.3. The van der Waals surface area contributed by atoms with Gasteiger partial charge in [-0.3, -0.25) is 28.8 Å². The average molecular weight is 1030 g/mol. The van der Waals surface area contributed by atoms with E-state index in [1.54, 1.807) is 4.90 Å². The van der Waals surface area contributed by atoms with Crippen molar-refractivity contribution < 1.29 is 38.2 Å². The van der Waals surface area contributed by atoms with E-state index in [1.807, 2.05) is 140 Å². The molecule has 10 rings (SSSR count). The molecular formula is C60H66N8O8. The van der Waals surface area contributed by atoms with E-state index in [1.165, 1.54) is 4.90 Å². The second kappa shape index (κ2) is 24.3. The van der Waals surface area contributed by atoms with Crippen LogP contribution in [0.1, 0.15) is 46.2 Å². The molecule has 5 heterocycles. The van der Waals surface area contributed by atoms with Crippen molar-refractivity contribution >= 4 is 46.2 Å². The summed E-state index contributed by atoms with van der Waals surface area (Å²) in [4.78, 5) is 99.8. The van der Waals surface area contributed by atoms with Gasteiger partial charge in [0, 0.05) is 88.6 Å². The number of H-pyrrole nitrogens is 1. The highest BCUT2D eigenvalue weighted by Crippen LogP contribution is 2.29. The lowest BCUT2D eigenvalue weighted by molar-refractivity contribution is -0.157. The van der Waals surface area contributed by atoms with E-state index in [4.69, 9.17) is 9.47 Å². The van der Waals surface area contributed by atoms with E-state index < -0.39 is 65.7 Å². The number of benzene rings is 5. The van der Waals surface area contributed by atoms with Crippen LogP contribution in [-0.4, -0.2) is 138 Å². The molecule has 0 bridgehead atoms. The zero-order valence-electron chi connectivity index (χ0n) is 42.7. The molecule has 0 radical (unpaired) electrons. The fraction of sp³-hybridized carbons (Fsp3) is 0.367. The number of para-hydroxylation sites is 1. The van der Waals surface area contributed by atoms with Crippen LogP contribution in [0.4, 0.5) is 0 Å². The fourth-order valence-electron chi connectivity index (χ4n) is 11.0. The summed E-state index contributed by atoms with van der Waals surface area (Å²) < 4.78 is 12.0. The summed E-state index contributed by atoms with van der Waals surface area (Å²) in [6.45, 7) is 3.39. The molecule has 4 aliphatic rings. The Balaban J connectivity index is 1.03. The molecule has 3 saturated heterocycles. The lowest BCUT2D eigenvalue weighted by Gasteiger charge is -2.43. The quantitative estimate of drug-likeness (QED) is 0.118. The van der Waals surface area contributed by atoms with Crippen molar-refractivity contribution in [2.75, 3.05) is 52.5 Å². The molecule has 4 aliphatic heterocycles. The van der Waals surface area contributed by atoms with Crippen LogP contribution in [0.25, 0.3) is 10.9 Å². The van der Waals surface area contributed by atoms with E-state index in [-0.39, 0.29) is 70.7 Å². The number of carbonyl (C=O) groups excluding carboxylic acids is 6. The van der Waals surface area contributed by atoms with Gasteiger partial charge in [-0.05, 0) is 64.4 Å². The second-order valence-corrected chi connectivity index (χ2v) is 20.4. The second-order valence-electron chi connectivity index (χ2n) is 20.4. The van der Waals surface area contributed by atoms with E-state index in [0.29, 0.717) is 45.0 Å². The number of amides is 5. The smallest absolute Gasteiger partial charge is 0.246 e. The van der Waals surface area contributed by atoms with Crippen LogP contribution >= 0.6 is 0 Å². The summed E-state index contributed by atoms with van der Waals surface area (Å²) in [6.07, 6.45) is 2.49. The van der Waals surface area contributed by atoms with Crippen molar-refractivity contribution in [1.82, 2.24) is 41.0 Å². The Morgan fingerprint density at radius 1 is 0.579 bits per heavy atom. The molecular weight excluding hydrogens is 961 g/mol. The molecule has 16 nitrogen and oxygen atoms in total. The van der Waals surface area contributed by atoms with Crippen LogP contribution in [0.15, 0.2) is 140 Å². The Labute approximate surface area is 442 Å². The first kappa shape index (κ1) is 51.8. The summed E-state index contributed by atoms with van der Waals surface area (Å²) in [5, 5.41) is 13.5. The molecule has 6 aromatic rings. The van der Waals surface area contributed by atoms with E-state index in [2.05, 4.69) is 31.2 Å². The molecule has 0 saturated carbocycles. The third-order valence-corrected chi connectivity index (χ3v) is 15.3. The zero-order valence-corrected chi connectivity index (χ0v) is 42.7. The van der Waals surface area contributed by atoms with Crippen LogP contribution < -0.4 is 26.0 Å². The summed E-state index contributed by atoms with van der Waals surface area (Å²) in [5.41, 5.74) is 6.09. The highest BCUT2D eigenvalue weighted by molar-refractivity contribution is 5.99. The van der Waals surface area contributed by atoms with Crippen LogP contribution in [-0.2, 0) is 72.3 Å². The van der Waals surface area contributed by atoms with E-state index in [0.717, 1.165) is 44.3 Å². The monoisotopic (exact) mass is 1030 g/mol. The van der Waals surface area contributed by atoms with Crippen LogP contribution in [0.5, 0.6) is 5.75 Å². The molecule has 0 spiro atoms. The third kappa shape index (κ3) is 12.5. The standard InChI is InChI=1S/C60H66N8O8/c69-55-34-46(36-66-27-25-61-26-28-66)56(70)65-52(31-41-19-22-47(23-20-41)76-38-42-13-5-2-6-14-42)59(73)68-37-44-16-8-7-15-43(44)33-53(68)60(74)67-29-30-75-39-54(67)58(72)63-50(24-21-40-11-3-1-4-12-40)57(71)64-51(55)32-45-35-62-49-18-10-9-17-48(45)49/h1-20,22-23,35,46,50-54,61-62H,21,24-34,36-39H2,(H,63,72)(H,64,71)(H,65,70)/t46-,50+,51+,52-,53-,54-/m0/s1. The van der Waals surface area contributed by atoms with Gasteiger partial charge in [0.2, 0.25) is 29.5 Å². The number of ether oxygens (including phenoxy) is 2. The number of hydrogen-bond acceptors (Lipinski definition) is 10. The van der Waals surface area contributed by atoms with Gasteiger partial charge >= 0.3 is 0 Å². The van der Waals surface area contributed by atoms with Gasteiger partial charge in [-0.2, -0.15) is 0 Å². The Hall–Kier alpha value is -7.66. The summed E-state index contributed by atoms with van der Waals surface area (Å²) in [6, 6.07) is 36.6. The number of Topliss-reactive ketones (excluding diaryl/α,β-unsaturated/α-hetero) is 1. The number of morpholine rings is 1. The van der Waals surface area contributed by atoms with Gasteiger partial charge in [-0.15, -0.1) is 0 Å². The Morgan fingerprint density at radius 2 is 1.26 bits per heavy atom. The van der Waals surface area contributed by atoms with Gasteiger partial charge in [0.25, 0.3) is 0 Å². The van der Waals surface area contributed by atoms with Crippen LogP contribution in [0.2, 0.25) is 0 Å². The Morgan fingerprint density at radius 3 is 2.04 bits per heavy atom. The number of carbonyl (C=O) groups is 6. The number of hydrogen-bond donors (Lipinski definition) is 5. The maximum absolute atomic E-state index is 15.7. The molecule has 5 amide bonds. The largest absolute Gasteiger partial charge is 0.489 e. The van der Waals surface area contributed by atoms with Crippen LogP contribution in [0, 0.1) is 5.92 Å². The molecule has 5 aromatic carbocycles. The zero-order chi connectivity index (χ0) is 52.4. The predicted octanol–water partition coefficient (Wildman–Crippen LogP) is 4.29. The topological polar surface area (TPSA) is 195 Å². The minimum atomic E-state index is -1.18. The normalized spacial score (nSPS) is 23.3. The van der Waals surface area contributed by atoms with Crippen molar-refractivity contribution in [2.24, 2.45) is 5.92 Å². The Kier molecular flexibility index (Phi) is 16.6. The van der Waals surface area contributed by atoms with Gasteiger partial charge < -0.3 is 50.4 Å². The number of piperazine rings is 1. The molecule has 0 unspecified atom stereocenters. The van der Waals surface area contributed by atoms with Gasteiger partial charge in [0.1, 0.15) is 36.5 Å². The number of nitrogens with one attached hydrogen (secondary N) is 5. The van der Waals surface area contributed by atoms with Gasteiger partial charge in [0.05, 0.1) is 25.2 Å². The van der Waals surface area contributed by atoms with E-state index >= 15 is 19.2 Å². The van der Waals surface area contributed by atoms with Gasteiger partial charge in [-0.25, -0.2) is 0 Å². The van der Waals surface area contributed by atoms with Crippen molar-refractivity contribution in [1.29, 1.82) is 0 Å². The van der Waals surface area contributed by atoms with Gasteiger partial charge in [0.15, 0.2) is 5.78 Å². The van der Waals surface area contributed by atoms with Gasteiger partial charge in [-0.1, -0.05) is 115 Å². The maximum atomic E-state index is 15.7. The number of rotatable bonds is 12. The predicted molar refractivity (Wildman–Crippen MR) is 287 cm³/mol. The Bertz CT molecular complexity index is 3000. The number of ketones is 1. The minimum Gasteiger partial charge on any atom is -0.489 e. The average Bonchev–Trinajstić information content (AvgIpc) is 3.89. The molecule has 76 heavy (non-hydrogen) atoms. The molecule has 0 aliphatic carbocycles. The number of nitrogens with zero attached hydrogens (tertiary/aromatic N) is 3. The first-order chi connectivity index (χ1) is 37.1. The molecule has 16 heteroatoms. The molecule has 1 aromatic heterocycles. The van der Waals surface area contributed by atoms with Crippen molar-refractivity contribution in [3.05, 3.63) is 173 Å². The number of aromatic amines is 1. The highest BCUT2D eigenvalue weighted by atomic mass is 16.5. The molecule has 5 N–H and O–H groups in total. The van der Waals surface area contributed by atoms with E-state index in [9.17, 15) is 9.59 Å². The van der Waals surface area contributed by atoms with Crippen molar-refractivity contribution in [2.45, 2.75) is 81.9 Å². The number of aromatic nitrogens is 1. The lowest BCUT2D eigenvalue weighted by Crippen LogP contribution is -2.64. The summed E-state index contributed by atoms with van der Waals surface area (Å²) >= 11 is 0. The number of aryl methyl sites for hydroxylation is 1. The fourth-order valence-corrected chi connectivity index (χ4v) is 11.0. The molecule has 6 atom stereocenters. The highest BCUT2D eigenvalue weighted by Gasteiger charge is 2.45. The molecule has 3 fully saturated rings. The SMILES string of the molecule is O=C1N[C@@H](Cc2ccc(OCc3ccccc3)cc2)C(=O)N2Cc3ccccc3C[C@H]2C(=O)N2CCOC[C@H]2C(=O)N[C@H](CCc2ccccc2)C(=O)N[C@H](Cc2c[nH]c3ccccc23)C(=O)C[C@H]1CN1CCNCC1.